The Morgan fingerprint density at radius 3 is 2.68 bits per heavy atom. The number of ether oxygens (including phenoxy) is 1. The molecule has 1 N–H and O–H groups in total. The van der Waals surface area contributed by atoms with Crippen LogP contribution in [0, 0.1) is 0 Å². The third-order valence-electron chi connectivity index (χ3n) is 4.01. The Kier molecular flexibility index (Phi) is 9.52. The second kappa shape index (κ2) is 11.1. The van der Waals surface area contributed by atoms with Gasteiger partial charge in [0.25, 0.3) is 0 Å². The number of nitrogens with zero attached hydrogens (tertiary/aromatic N) is 5. The molecule has 1 aromatic heterocycles. The third-order valence-corrected chi connectivity index (χ3v) is 4.01. The van der Waals surface area contributed by atoms with Crippen LogP contribution in [0.3, 0.4) is 0 Å². The molecular weight excluding hydrogens is 316 g/mol. The third kappa shape index (κ3) is 7.44. The quantitative estimate of drug-likeness (QED) is 0.511. The molecule has 1 rings (SSSR count). The highest BCUT2D eigenvalue weighted by molar-refractivity contribution is 5.79. The number of aryl methyl sites for hydroxylation is 1. The van der Waals surface area contributed by atoms with Gasteiger partial charge in [-0.2, -0.15) is 5.10 Å². The molecule has 0 atom stereocenters. The molecule has 0 saturated heterocycles. The number of rotatable bonds is 10. The van der Waals surface area contributed by atoms with Gasteiger partial charge < -0.3 is 19.9 Å². The number of aromatic nitrogens is 2. The van der Waals surface area contributed by atoms with Crippen molar-refractivity contribution in [2.24, 2.45) is 12.0 Å². The Bertz CT molecular complexity index is 526. The molecular formula is C18H36N6O. The first kappa shape index (κ1) is 21.4. The molecule has 144 valence electrons. The molecule has 7 heteroatoms. The van der Waals surface area contributed by atoms with E-state index in [1.54, 1.807) is 7.11 Å². The van der Waals surface area contributed by atoms with Crippen LogP contribution in [-0.4, -0.2) is 79.5 Å². The topological polar surface area (TPSA) is 57.9 Å². The Labute approximate surface area is 153 Å². The summed E-state index contributed by atoms with van der Waals surface area (Å²) < 4.78 is 7.01. The van der Waals surface area contributed by atoms with Crippen molar-refractivity contribution in [2.45, 2.75) is 33.2 Å². The van der Waals surface area contributed by atoms with E-state index in [4.69, 9.17) is 9.73 Å². The van der Waals surface area contributed by atoms with Gasteiger partial charge in [-0.1, -0.05) is 13.8 Å². The van der Waals surface area contributed by atoms with Crippen LogP contribution in [0.4, 0.5) is 0 Å². The van der Waals surface area contributed by atoms with Crippen LogP contribution in [-0.2, 0) is 18.3 Å². The molecule has 7 nitrogen and oxygen atoms in total. The van der Waals surface area contributed by atoms with Crippen LogP contribution >= 0.6 is 0 Å². The predicted molar refractivity (Wildman–Crippen MR) is 104 cm³/mol. The van der Waals surface area contributed by atoms with Gasteiger partial charge in [0.15, 0.2) is 5.96 Å². The van der Waals surface area contributed by atoms with E-state index in [0.717, 1.165) is 51.0 Å². The molecule has 1 aromatic rings. The Balaban J connectivity index is 2.69. The molecule has 25 heavy (non-hydrogen) atoms. The number of nitrogens with one attached hydrogen (secondary N) is 1. The molecule has 0 aliphatic rings. The molecule has 0 bridgehead atoms. The van der Waals surface area contributed by atoms with Gasteiger partial charge in [0.1, 0.15) is 0 Å². The van der Waals surface area contributed by atoms with Gasteiger partial charge in [-0.15, -0.1) is 0 Å². The first-order chi connectivity index (χ1) is 11.9. The second-order valence-corrected chi connectivity index (χ2v) is 6.76. The maximum absolute atomic E-state index is 5.11. The van der Waals surface area contributed by atoms with Gasteiger partial charge in [0, 0.05) is 59.1 Å². The highest BCUT2D eigenvalue weighted by Gasteiger charge is 2.15. The number of guanidine groups is 1. The summed E-state index contributed by atoms with van der Waals surface area (Å²) in [6, 6.07) is 0. The summed E-state index contributed by atoms with van der Waals surface area (Å²) in [7, 11) is 7.88. The van der Waals surface area contributed by atoms with Crippen molar-refractivity contribution in [3.63, 3.8) is 0 Å². The average molecular weight is 353 g/mol. The lowest BCUT2D eigenvalue weighted by Gasteiger charge is -2.23. The van der Waals surface area contributed by atoms with E-state index in [0.29, 0.717) is 5.92 Å². The first-order valence-electron chi connectivity index (χ1n) is 9.08. The average Bonchev–Trinajstić information content (AvgIpc) is 2.92. The molecule has 0 aliphatic heterocycles. The molecule has 1 heterocycles. The van der Waals surface area contributed by atoms with Crippen molar-refractivity contribution in [3.8, 4) is 0 Å². The van der Waals surface area contributed by atoms with Gasteiger partial charge >= 0.3 is 0 Å². The SMILES string of the molecule is CCNC(=NCCN(C)CCOC)N(C)Cc1cn(C)nc1C(C)C. The summed E-state index contributed by atoms with van der Waals surface area (Å²) in [6.45, 7) is 11.5. The fourth-order valence-corrected chi connectivity index (χ4v) is 2.65. The zero-order valence-electron chi connectivity index (χ0n) is 17.0. The summed E-state index contributed by atoms with van der Waals surface area (Å²) in [4.78, 5) is 9.16. The summed E-state index contributed by atoms with van der Waals surface area (Å²) in [5, 5.41) is 7.97. The number of hydrogen-bond donors (Lipinski definition) is 1. The Morgan fingerprint density at radius 2 is 2.08 bits per heavy atom. The van der Waals surface area contributed by atoms with E-state index < -0.39 is 0 Å². The van der Waals surface area contributed by atoms with Crippen LogP contribution in [0.5, 0.6) is 0 Å². The lowest BCUT2D eigenvalue weighted by Crippen LogP contribution is -2.39. The highest BCUT2D eigenvalue weighted by atomic mass is 16.5. The van der Waals surface area contributed by atoms with Crippen molar-refractivity contribution in [1.82, 2.24) is 24.9 Å². The van der Waals surface area contributed by atoms with E-state index in [-0.39, 0.29) is 0 Å². The minimum absolute atomic E-state index is 0.415. The van der Waals surface area contributed by atoms with E-state index in [1.165, 1.54) is 5.56 Å². The predicted octanol–water partition coefficient (Wildman–Crippen LogP) is 1.52. The number of hydrogen-bond acceptors (Lipinski definition) is 4. The van der Waals surface area contributed by atoms with Crippen molar-refractivity contribution in [1.29, 1.82) is 0 Å². The van der Waals surface area contributed by atoms with Crippen LogP contribution < -0.4 is 5.32 Å². The maximum Gasteiger partial charge on any atom is 0.194 e. The van der Waals surface area contributed by atoms with Gasteiger partial charge in [-0.3, -0.25) is 9.67 Å². The smallest absolute Gasteiger partial charge is 0.194 e. The molecule has 0 amide bonds. The van der Waals surface area contributed by atoms with Crippen LogP contribution in [0.15, 0.2) is 11.2 Å². The molecule has 0 aliphatic carbocycles. The molecule has 0 unspecified atom stereocenters. The van der Waals surface area contributed by atoms with Gasteiger partial charge in [-0.05, 0) is 19.9 Å². The lowest BCUT2D eigenvalue weighted by atomic mass is 10.1. The van der Waals surface area contributed by atoms with Crippen molar-refractivity contribution in [2.75, 3.05) is 54.0 Å². The van der Waals surface area contributed by atoms with Crippen LogP contribution in [0.1, 0.15) is 37.9 Å². The van der Waals surface area contributed by atoms with Gasteiger partial charge in [0.2, 0.25) is 0 Å². The highest BCUT2D eigenvalue weighted by Crippen LogP contribution is 2.18. The van der Waals surface area contributed by atoms with Crippen molar-refractivity contribution < 1.29 is 4.74 Å². The van der Waals surface area contributed by atoms with Crippen molar-refractivity contribution >= 4 is 5.96 Å². The standard InChI is InChI=1S/C18H36N6O/c1-8-19-18(20-9-10-22(4)11-12-25-7)23(5)13-16-14-24(6)21-17(16)15(2)3/h14-15H,8-13H2,1-7H3,(H,19,20). The molecule has 0 aromatic carbocycles. The van der Waals surface area contributed by atoms with E-state index in [1.807, 2.05) is 11.7 Å². The fourth-order valence-electron chi connectivity index (χ4n) is 2.65. The first-order valence-corrected chi connectivity index (χ1v) is 9.08. The van der Waals surface area contributed by atoms with Crippen LogP contribution in [0.2, 0.25) is 0 Å². The zero-order valence-corrected chi connectivity index (χ0v) is 17.0. The Hall–Kier alpha value is -1.60. The number of likely N-dealkylation sites (N-methyl/N-ethyl adjacent to an activating group) is 1. The molecule has 0 radical (unpaired) electrons. The van der Waals surface area contributed by atoms with E-state index in [9.17, 15) is 0 Å². The van der Waals surface area contributed by atoms with Gasteiger partial charge in [0.05, 0.1) is 18.8 Å². The second-order valence-electron chi connectivity index (χ2n) is 6.76. The summed E-state index contributed by atoms with van der Waals surface area (Å²) in [5.41, 5.74) is 2.41. The largest absolute Gasteiger partial charge is 0.383 e. The molecule has 0 fully saturated rings. The summed E-state index contributed by atoms with van der Waals surface area (Å²) >= 11 is 0. The lowest BCUT2D eigenvalue weighted by molar-refractivity contribution is 0.163. The zero-order chi connectivity index (χ0) is 18.8. The Morgan fingerprint density at radius 1 is 1.36 bits per heavy atom. The normalized spacial score (nSPS) is 12.3. The minimum Gasteiger partial charge on any atom is -0.383 e. The number of aliphatic imine (C=N–C) groups is 1. The fraction of sp³-hybridized carbons (Fsp3) is 0.778. The maximum atomic E-state index is 5.11. The monoisotopic (exact) mass is 352 g/mol. The van der Waals surface area contributed by atoms with Crippen LogP contribution in [0.25, 0.3) is 0 Å². The molecule has 0 spiro atoms. The summed E-state index contributed by atoms with van der Waals surface area (Å²) in [6.07, 6.45) is 2.11. The number of methoxy groups -OCH3 is 1. The minimum atomic E-state index is 0.415. The van der Waals surface area contributed by atoms with Gasteiger partial charge in [-0.25, -0.2) is 0 Å². The van der Waals surface area contributed by atoms with E-state index >= 15 is 0 Å². The van der Waals surface area contributed by atoms with Crippen molar-refractivity contribution in [3.05, 3.63) is 17.5 Å². The molecule has 0 saturated carbocycles. The van der Waals surface area contributed by atoms with E-state index in [2.05, 4.69) is 61.3 Å². The summed E-state index contributed by atoms with van der Waals surface area (Å²) in [5.74, 6) is 1.35.